The van der Waals surface area contributed by atoms with E-state index in [9.17, 15) is 4.79 Å². The van der Waals surface area contributed by atoms with Crippen molar-refractivity contribution in [3.05, 3.63) is 70.8 Å². The van der Waals surface area contributed by atoms with Crippen LogP contribution in [0.15, 0.2) is 48.5 Å². The monoisotopic (exact) mass is 373 g/mol. The number of hydrogen-bond donors (Lipinski definition) is 1. The van der Waals surface area contributed by atoms with E-state index in [0.717, 1.165) is 25.3 Å². The zero-order valence-corrected chi connectivity index (χ0v) is 16.7. The first-order valence-corrected chi connectivity index (χ1v) is 11.3. The number of nitrogens with one attached hydrogen (secondary N) is 1. The maximum absolute atomic E-state index is 12.5. The molecule has 1 saturated carbocycles. The predicted molar refractivity (Wildman–Crippen MR) is 113 cm³/mol. The van der Waals surface area contributed by atoms with Gasteiger partial charge in [-0.3, -0.25) is 4.79 Å². The van der Waals surface area contributed by atoms with E-state index >= 15 is 0 Å². The molecule has 4 aliphatic rings. The molecule has 146 valence electrons. The van der Waals surface area contributed by atoms with Crippen molar-refractivity contribution >= 4 is 5.91 Å². The maximum atomic E-state index is 12.5. The van der Waals surface area contributed by atoms with Crippen LogP contribution in [0, 0.1) is 11.8 Å². The van der Waals surface area contributed by atoms with Crippen LogP contribution in [0.1, 0.15) is 85.5 Å². The largest absolute Gasteiger partial charge is 0.356 e. The summed E-state index contributed by atoms with van der Waals surface area (Å²) in [6.07, 6.45) is 9.69. The first-order chi connectivity index (χ1) is 13.8. The Kier molecular flexibility index (Phi) is 4.96. The van der Waals surface area contributed by atoms with E-state index in [1.165, 1.54) is 54.4 Å². The van der Waals surface area contributed by atoms with Crippen molar-refractivity contribution in [2.75, 3.05) is 6.54 Å². The van der Waals surface area contributed by atoms with Crippen molar-refractivity contribution in [3.8, 4) is 0 Å². The number of amides is 1. The second-order valence-electron chi connectivity index (χ2n) is 9.13. The Hall–Kier alpha value is -2.09. The van der Waals surface area contributed by atoms with Crippen LogP contribution in [0.4, 0.5) is 0 Å². The molecule has 2 bridgehead atoms. The van der Waals surface area contributed by atoms with Gasteiger partial charge in [-0.25, -0.2) is 0 Å². The molecule has 2 aromatic rings. The van der Waals surface area contributed by atoms with Gasteiger partial charge in [0.05, 0.1) is 0 Å². The van der Waals surface area contributed by atoms with Gasteiger partial charge in [0, 0.05) is 24.8 Å². The second-order valence-corrected chi connectivity index (χ2v) is 9.13. The summed E-state index contributed by atoms with van der Waals surface area (Å²) >= 11 is 0. The quantitative estimate of drug-likeness (QED) is 0.709. The molecule has 1 N–H and O–H groups in total. The van der Waals surface area contributed by atoms with Crippen LogP contribution in [0.2, 0.25) is 0 Å². The van der Waals surface area contributed by atoms with Gasteiger partial charge >= 0.3 is 0 Å². The summed E-state index contributed by atoms with van der Waals surface area (Å²) in [5, 5.41) is 3.30. The van der Waals surface area contributed by atoms with E-state index in [2.05, 4.69) is 53.8 Å². The molecule has 1 fully saturated rings. The van der Waals surface area contributed by atoms with Gasteiger partial charge in [0.1, 0.15) is 0 Å². The SMILES string of the molecule is O=C(CCC1CCCCC1)NC[C@H]1CC2c3ccccc3C1c1ccccc12. The number of carbonyl (C=O) groups is 1. The summed E-state index contributed by atoms with van der Waals surface area (Å²) < 4.78 is 0. The minimum absolute atomic E-state index is 0.258. The highest BCUT2D eigenvalue weighted by Gasteiger charge is 2.42. The molecule has 0 spiro atoms. The molecule has 0 aromatic heterocycles. The van der Waals surface area contributed by atoms with Crippen LogP contribution in [0.5, 0.6) is 0 Å². The Morgan fingerprint density at radius 1 is 0.857 bits per heavy atom. The minimum Gasteiger partial charge on any atom is -0.356 e. The highest BCUT2D eigenvalue weighted by Crippen LogP contribution is 2.55. The molecule has 28 heavy (non-hydrogen) atoms. The van der Waals surface area contributed by atoms with E-state index in [1.54, 1.807) is 0 Å². The third-order valence-corrected chi connectivity index (χ3v) is 7.49. The Balaban J connectivity index is 1.26. The Morgan fingerprint density at radius 3 is 2.11 bits per heavy atom. The molecule has 1 atom stereocenters. The number of fused-ring (bicyclic) bond motifs is 1. The average Bonchev–Trinajstić information content (AvgIpc) is 2.77. The van der Waals surface area contributed by atoms with Crippen LogP contribution in [0.3, 0.4) is 0 Å². The molecular weight excluding hydrogens is 342 g/mol. The molecule has 0 unspecified atom stereocenters. The molecule has 0 aliphatic heterocycles. The van der Waals surface area contributed by atoms with Crippen molar-refractivity contribution in [1.82, 2.24) is 5.32 Å². The lowest BCUT2D eigenvalue weighted by molar-refractivity contribution is -0.121. The van der Waals surface area contributed by atoms with E-state index < -0.39 is 0 Å². The summed E-state index contributed by atoms with van der Waals surface area (Å²) in [5.74, 6) is 2.46. The molecule has 2 heteroatoms. The van der Waals surface area contributed by atoms with Crippen molar-refractivity contribution in [1.29, 1.82) is 0 Å². The summed E-state index contributed by atoms with van der Waals surface area (Å²) in [5.41, 5.74) is 5.98. The molecule has 4 aliphatic carbocycles. The minimum atomic E-state index is 0.258. The van der Waals surface area contributed by atoms with Crippen molar-refractivity contribution in [2.45, 2.75) is 63.2 Å². The molecule has 6 rings (SSSR count). The lowest BCUT2D eigenvalue weighted by atomic mass is 9.59. The van der Waals surface area contributed by atoms with Crippen LogP contribution in [-0.2, 0) is 4.79 Å². The normalized spacial score (nSPS) is 25.8. The molecule has 0 radical (unpaired) electrons. The fourth-order valence-corrected chi connectivity index (χ4v) is 6.10. The Bertz CT molecular complexity index is 804. The van der Waals surface area contributed by atoms with Gasteiger partial charge in [-0.1, -0.05) is 80.6 Å². The second kappa shape index (κ2) is 7.73. The van der Waals surface area contributed by atoms with Gasteiger partial charge in [-0.15, -0.1) is 0 Å². The van der Waals surface area contributed by atoms with Gasteiger partial charge in [-0.05, 0) is 46.9 Å². The number of benzene rings is 2. The number of carbonyl (C=O) groups excluding carboxylic acids is 1. The highest BCUT2D eigenvalue weighted by molar-refractivity contribution is 5.75. The van der Waals surface area contributed by atoms with Crippen molar-refractivity contribution in [2.24, 2.45) is 11.8 Å². The Labute approximate surface area is 168 Å². The zero-order valence-electron chi connectivity index (χ0n) is 16.7. The topological polar surface area (TPSA) is 29.1 Å². The van der Waals surface area contributed by atoms with Crippen LogP contribution >= 0.6 is 0 Å². The summed E-state index contributed by atoms with van der Waals surface area (Å²) in [6, 6.07) is 17.9. The zero-order chi connectivity index (χ0) is 18.9. The third-order valence-electron chi connectivity index (χ3n) is 7.49. The fourth-order valence-electron chi connectivity index (χ4n) is 6.10. The van der Waals surface area contributed by atoms with Crippen molar-refractivity contribution < 1.29 is 4.79 Å². The molecule has 2 nitrogen and oxygen atoms in total. The number of rotatable bonds is 5. The molecular formula is C26H31NO. The van der Waals surface area contributed by atoms with Gasteiger partial charge in [0.15, 0.2) is 0 Å². The first kappa shape index (κ1) is 18.0. The Morgan fingerprint density at radius 2 is 1.46 bits per heavy atom. The molecule has 1 amide bonds. The van der Waals surface area contributed by atoms with Gasteiger partial charge in [-0.2, -0.15) is 0 Å². The smallest absolute Gasteiger partial charge is 0.220 e. The van der Waals surface area contributed by atoms with E-state index in [4.69, 9.17) is 0 Å². The van der Waals surface area contributed by atoms with Gasteiger partial charge in [0.2, 0.25) is 5.91 Å². The van der Waals surface area contributed by atoms with E-state index in [0.29, 0.717) is 24.2 Å². The van der Waals surface area contributed by atoms with E-state index in [-0.39, 0.29) is 5.91 Å². The van der Waals surface area contributed by atoms with Crippen LogP contribution in [0.25, 0.3) is 0 Å². The number of hydrogen-bond acceptors (Lipinski definition) is 1. The molecule has 2 aromatic carbocycles. The summed E-state index contributed by atoms with van der Waals surface area (Å²) in [4.78, 5) is 12.5. The standard InChI is InChI=1S/C26H31NO/c28-25(15-14-18-8-2-1-3-9-18)27-17-19-16-24-20-10-4-6-12-22(20)26(19)23-13-7-5-11-21(23)24/h4-7,10-13,18-19,24,26H,1-3,8-9,14-17H2,(H,27,28)/t19-,24?,26?/m1/s1. The van der Waals surface area contributed by atoms with Crippen LogP contribution in [-0.4, -0.2) is 12.5 Å². The summed E-state index contributed by atoms with van der Waals surface area (Å²) in [6.45, 7) is 0.813. The lowest BCUT2D eigenvalue weighted by Crippen LogP contribution is -2.39. The molecule has 0 saturated heterocycles. The van der Waals surface area contributed by atoms with Crippen LogP contribution < -0.4 is 5.32 Å². The fraction of sp³-hybridized carbons (Fsp3) is 0.500. The highest BCUT2D eigenvalue weighted by atomic mass is 16.1. The van der Waals surface area contributed by atoms with Gasteiger partial charge < -0.3 is 5.32 Å². The first-order valence-electron chi connectivity index (χ1n) is 11.3. The lowest BCUT2D eigenvalue weighted by Gasteiger charge is -2.45. The van der Waals surface area contributed by atoms with Gasteiger partial charge in [0.25, 0.3) is 0 Å². The van der Waals surface area contributed by atoms with E-state index in [1.807, 2.05) is 0 Å². The summed E-state index contributed by atoms with van der Waals surface area (Å²) in [7, 11) is 0. The maximum Gasteiger partial charge on any atom is 0.220 e. The van der Waals surface area contributed by atoms with Crippen molar-refractivity contribution in [3.63, 3.8) is 0 Å². The molecule has 0 heterocycles. The third kappa shape index (κ3) is 3.27. The average molecular weight is 374 g/mol. The predicted octanol–water partition coefficient (Wildman–Crippen LogP) is 5.76.